The molecule has 0 saturated carbocycles. The van der Waals surface area contributed by atoms with Gasteiger partial charge in [-0.3, -0.25) is 4.79 Å². The molecule has 0 aliphatic heterocycles. The SMILES string of the molecule is Cl.N#Cc1c(-c2ccccc2)n(CCN)c2c(=O)[nH]cnc12. The van der Waals surface area contributed by atoms with Crippen molar-refractivity contribution in [3.63, 3.8) is 0 Å². The summed E-state index contributed by atoms with van der Waals surface area (Å²) in [6.45, 7) is 0.806. The van der Waals surface area contributed by atoms with Crippen LogP contribution in [0.25, 0.3) is 22.3 Å². The Hall–Kier alpha value is -2.62. The quantitative estimate of drug-likeness (QED) is 0.767. The summed E-state index contributed by atoms with van der Waals surface area (Å²) < 4.78 is 1.77. The third-order valence-electron chi connectivity index (χ3n) is 3.35. The van der Waals surface area contributed by atoms with Crippen LogP contribution >= 0.6 is 12.4 Å². The van der Waals surface area contributed by atoms with Crippen molar-refractivity contribution < 1.29 is 0 Å². The second kappa shape index (κ2) is 6.43. The number of rotatable bonds is 3. The summed E-state index contributed by atoms with van der Waals surface area (Å²) in [5, 5.41) is 9.50. The van der Waals surface area contributed by atoms with E-state index in [1.807, 2.05) is 30.3 Å². The lowest BCUT2D eigenvalue weighted by Crippen LogP contribution is -2.16. The summed E-state index contributed by atoms with van der Waals surface area (Å²) in [5.41, 5.74) is 8.13. The summed E-state index contributed by atoms with van der Waals surface area (Å²) in [5.74, 6) is 0. The molecule has 0 saturated heterocycles. The topological polar surface area (TPSA) is 100 Å². The van der Waals surface area contributed by atoms with Crippen LogP contribution in [0.3, 0.4) is 0 Å². The van der Waals surface area contributed by atoms with E-state index in [0.717, 1.165) is 5.56 Å². The molecule has 0 fully saturated rings. The zero-order valence-electron chi connectivity index (χ0n) is 11.6. The third-order valence-corrected chi connectivity index (χ3v) is 3.35. The molecular weight excluding hydrogens is 302 g/mol. The fourth-order valence-corrected chi connectivity index (χ4v) is 2.54. The van der Waals surface area contributed by atoms with Crippen molar-refractivity contribution in [1.82, 2.24) is 14.5 Å². The maximum atomic E-state index is 12.1. The zero-order chi connectivity index (χ0) is 14.8. The van der Waals surface area contributed by atoms with Gasteiger partial charge in [-0.25, -0.2) is 4.98 Å². The molecule has 0 unspecified atom stereocenters. The van der Waals surface area contributed by atoms with Gasteiger partial charge in [0.1, 0.15) is 22.7 Å². The molecule has 3 rings (SSSR count). The molecule has 0 aliphatic carbocycles. The Labute approximate surface area is 132 Å². The fourth-order valence-electron chi connectivity index (χ4n) is 2.54. The van der Waals surface area contributed by atoms with E-state index in [9.17, 15) is 10.1 Å². The number of aromatic amines is 1. The Morgan fingerprint density at radius 3 is 2.68 bits per heavy atom. The van der Waals surface area contributed by atoms with Gasteiger partial charge in [0.15, 0.2) is 0 Å². The molecule has 2 aromatic heterocycles. The molecule has 0 radical (unpaired) electrons. The number of nitrogens with zero attached hydrogens (tertiary/aromatic N) is 3. The summed E-state index contributed by atoms with van der Waals surface area (Å²) in [6, 6.07) is 11.6. The van der Waals surface area contributed by atoms with Gasteiger partial charge in [-0.15, -0.1) is 12.4 Å². The first-order chi connectivity index (χ1) is 10.3. The highest BCUT2D eigenvalue weighted by molar-refractivity contribution is 5.91. The van der Waals surface area contributed by atoms with Crippen molar-refractivity contribution in [3.05, 3.63) is 52.6 Å². The fraction of sp³-hybridized carbons (Fsp3) is 0.133. The van der Waals surface area contributed by atoms with Crippen LogP contribution < -0.4 is 11.3 Å². The molecule has 0 bridgehead atoms. The number of hydrogen-bond acceptors (Lipinski definition) is 4. The normalized spacial score (nSPS) is 10.2. The van der Waals surface area contributed by atoms with Gasteiger partial charge in [0, 0.05) is 13.1 Å². The number of fused-ring (bicyclic) bond motifs is 1. The molecule has 112 valence electrons. The smallest absolute Gasteiger partial charge is 0.275 e. The van der Waals surface area contributed by atoms with E-state index < -0.39 is 0 Å². The Morgan fingerprint density at radius 2 is 2.05 bits per heavy atom. The van der Waals surface area contributed by atoms with Crippen molar-refractivity contribution in [2.24, 2.45) is 5.73 Å². The van der Waals surface area contributed by atoms with Crippen LogP contribution in [0.2, 0.25) is 0 Å². The number of nitrogens with two attached hydrogens (primary N) is 1. The maximum absolute atomic E-state index is 12.1. The lowest BCUT2D eigenvalue weighted by molar-refractivity contribution is 0.737. The van der Waals surface area contributed by atoms with E-state index >= 15 is 0 Å². The molecule has 7 heteroatoms. The average Bonchev–Trinajstić information content (AvgIpc) is 2.83. The average molecular weight is 316 g/mol. The van der Waals surface area contributed by atoms with Gasteiger partial charge in [-0.05, 0) is 5.56 Å². The lowest BCUT2D eigenvalue weighted by atomic mass is 10.1. The van der Waals surface area contributed by atoms with E-state index in [-0.39, 0.29) is 18.0 Å². The van der Waals surface area contributed by atoms with E-state index in [1.54, 1.807) is 4.57 Å². The highest BCUT2D eigenvalue weighted by atomic mass is 35.5. The number of aromatic nitrogens is 3. The van der Waals surface area contributed by atoms with Crippen molar-refractivity contribution >= 4 is 23.4 Å². The first-order valence-electron chi connectivity index (χ1n) is 6.53. The number of nitrogens with one attached hydrogen (secondary N) is 1. The van der Waals surface area contributed by atoms with E-state index in [4.69, 9.17) is 5.73 Å². The third kappa shape index (κ3) is 2.37. The van der Waals surface area contributed by atoms with E-state index in [1.165, 1.54) is 6.33 Å². The van der Waals surface area contributed by atoms with Gasteiger partial charge in [-0.1, -0.05) is 30.3 Å². The van der Waals surface area contributed by atoms with Crippen molar-refractivity contribution in [1.29, 1.82) is 5.26 Å². The van der Waals surface area contributed by atoms with Crippen LogP contribution in [0.5, 0.6) is 0 Å². The Balaban J connectivity index is 0.00000176. The summed E-state index contributed by atoms with van der Waals surface area (Å²) in [4.78, 5) is 18.8. The summed E-state index contributed by atoms with van der Waals surface area (Å²) >= 11 is 0. The number of hydrogen-bond donors (Lipinski definition) is 2. The van der Waals surface area contributed by atoms with Crippen LogP contribution in [0, 0.1) is 11.3 Å². The van der Waals surface area contributed by atoms with Crippen LogP contribution in [-0.2, 0) is 6.54 Å². The molecule has 0 aliphatic rings. The van der Waals surface area contributed by atoms with Gasteiger partial charge in [-0.2, -0.15) is 5.26 Å². The maximum Gasteiger partial charge on any atom is 0.275 e. The van der Waals surface area contributed by atoms with Gasteiger partial charge in [0.2, 0.25) is 0 Å². The summed E-state index contributed by atoms with van der Waals surface area (Å²) in [6.07, 6.45) is 1.31. The molecule has 0 atom stereocenters. The summed E-state index contributed by atoms with van der Waals surface area (Å²) in [7, 11) is 0. The molecule has 3 aromatic rings. The molecule has 0 spiro atoms. The highest BCUT2D eigenvalue weighted by Crippen LogP contribution is 2.30. The highest BCUT2D eigenvalue weighted by Gasteiger charge is 2.21. The second-order valence-corrected chi connectivity index (χ2v) is 4.57. The number of halogens is 1. The molecule has 0 amide bonds. The predicted octanol–water partition coefficient (Wildman–Crippen LogP) is 1.64. The van der Waals surface area contributed by atoms with Gasteiger partial charge >= 0.3 is 0 Å². The Bertz CT molecular complexity index is 892. The standard InChI is InChI=1S/C15H13N5O.ClH/c16-6-7-20-13(10-4-2-1-3-5-10)11(8-17)12-14(20)15(21)19-9-18-12;/h1-5,9H,6-7,16H2,(H,18,19,21);1H. The predicted molar refractivity (Wildman–Crippen MR) is 86.8 cm³/mol. The molecule has 22 heavy (non-hydrogen) atoms. The van der Waals surface area contributed by atoms with E-state index in [0.29, 0.717) is 35.4 Å². The van der Waals surface area contributed by atoms with Crippen LogP contribution in [0.15, 0.2) is 41.5 Å². The number of benzene rings is 1. The lowest BCUT2D eigenvalue weighted by Gasteiger charge is -2.09. The van der Waals surface area contributed by atoms with Crippen LogP contribution in [0.1, 0.15) is 5.56 Å². The van der Waals surface area contributed by atoms with Crippen LogP contribution in [-0.4, -0.2) is 21.1 Å². The second-order valence-electron chi connectivity index (χ2n) is 4.57. The van der Waals surface area contributed by atoms with Crippen LogP contribution in [0.4, 0.5) is 0 Å². The number of H-pyrrole nitrogens is 1. The van der Waals surface area contributed by atoms with Gasteiger partial charge < -0.3 is 15.3 Å². The minimum Gasteiger partial charge on any atom is -0.332 e. The number of nitriles is 1. The minimum atomic E-state index is -0.271. The Morgan fingerprint density at radius 1 is 1.32 bits per heavy atom. The molecule has 3 N–H and O–H groups in total. The van der Waals surface area contributed by atoms with E-state index in [2.05, 4.69) is 16.0 Å². The van der Waals surface area contributed by atoms with Gasteiger partial charge in [0.05, 0.1) is 12.0 Å². The minimum absolute atomic E-state index is 0. The first-order valence-corrected chi connectivity index (χ1v) is 6.53. The molecule has 1 aromatic carbocycles. The van der Waals surface area contributed by atoms with Gasteiger partial charge in [0.25, 0.3) is 5.56 Å². The molecule has 2 heterocycles. The van der Waals surface area contributed by atoms with Crippen molar-refractivity contribution in [2.75, 3.05) is 6.54 Å². The zero-order valence-corrected chi connectivity index (χ0v) is 12.4. The largest absolute Gasteiger partial charge is 0.332 e. The molecule has 6 nitrogen and oxygen atoms in total. The monoisotopic (exact) mass is 315 g/mol. The van der Waals surface area contributed by atoms with Crippen molar-refractivity contribution in [3.8, 4) is 17.3 Å². The Kier molecular flexibility index (Phi) is 4.61. The first kappa shape index (κ1) is 15.8. The molecular formula is C15H14ClN5O. The van der Waals surface area contributed by atoms with Crippen molar-refractivity contribution in [2.45, 2.75) is 6.54 Å².